The highest BCUT2D eigenvalue weighted by atomic mass is 17.4. The summed E-state index contributed by atoms with van der Waals surface area (Å²) in [5.74, 6) is -2.10. The van der Waals surface area contributed by atoms with Crippen LogP contribution in [0.1, 0.15) is 84.5 Å². The van der Waals surface area contributed by atoms with Gasteiger partial charge in [0, 0.05) is 6.42 Å². The maximum Gasteiger partial charge on any atom is 0.347 e. The van der Waals surface area contributed by atoms with Crippen molar-refractivity contribution in [1.29, 1.82) is 0 Å². The Hall–Kier alpha value is -0.450. The van der Waals surface area contributed by atoms with E-state index >= 15 is 0 Å². The molecule has 4 nitrogen and oxygen atoms in total. The molecule has 1 atom stereocenters. The largest absolute Gasteiger partial charge is 0.347 e. The fourth-order valence-corrected chi connectivity index (χ4v) is 2.63. The Morgan fingerprint density at radius 3 is 1.90 bits per heavy atom. The normalized spacial score (nSPS) is 17.9. The van der Waals surface area contributed by atoms with E-state index in [-0.39, 0.29) is 5.78 Å². The average molecular weight is 286 g/mol. The Balaban J connectivity index is 1.96. The van der Waals surface area contributed by atoms with E-state index in [0.29, 0.717) is 12.8 Å². The molecular formula is C16H30O4. The van der Waals surface area contributed by atoms with Crippen molar-refractivity contribution in [2.45, 2.75) is 90.4 Å². The van der Waals surface area contributed by atoms with E-state index in [9.17, 15) is 9.90 Å². The third kappa shape index (κ3) is 6.33. The van der Waals surface area contributed by atoms with Gasteiger partial charge in [-0.05, 0) is 12.8 Å². The monoisotopic (exact) mass is 286 g/mol. The fourth-order valence-electron chi connectivity index (χ4n) is 2.63. The molecule has 0 radical (unpaired) electrons. The van der Waals surface area contributed by atoms with Crippen molar-refractivity contribution in [2.24, 2.45) is 5.92 Å². The third-order valence-electron chi connectivity index (χ3n) is 4.02. The van der Waals surface area contributed by atoms with E-state index in [1.807, 2.05) is 6.92 Å². The number of Topliss-reactive ketones (excluding diaryl/α,β-unsaturated/α-hetero) is 1. The van der Waals surface area contributed by atoms with Gasteiger partial charge in [-0.25, -0.2) is 0 Å². The first-order valence-corrected chi connectivity index (χ1v) is 8.26. The first-order chi connectivity index (χ1) is 9.64. The van der Waals surface area contributed by atoms with Crippen LogP contribution in [0.15, 0.2) is 0 Å². The van der Waals surface area contributed by atoms with Gasteiger partial charge >= 0.3 is 5.97 Å². The molecule has 0 aromatic rings. The van der Waals surface area contributed by atoms with E-state index in [1.54, 1.807) is 0 Å². The molecule has 1 aliphatic heterocycles. The summed E-state index contributed by atoms with van der Waals surface area (Å²) < 4.78 is 0. The van der Waals surface area contributed by atoms with Gasteiger partial charge in [0.1, 0.15) is 11.7 Å². The van der Waals surface area contributed by atoms with Gasteiger partial charge < -0.3 is 5.11 Å². The molecular weight excluding hydrogens is 256 g/mol. The van der Waals surface area contributed by atoms with Crippen LogP contribution in [-0.4, -0.2) is 16.9 Å². The van der Waals surface area contributed by atoms with Crippen LogP contribution in [0, 0.1) is 5.92 Å². The predicted octanol–water partition coefficient (Wildman–Crippen LogP) is 4.11. The van der Waals surface area contributed by atoms with Gasteiger partial charge in [0.25, 0.3) is 0 Å². The second-order valence-corrected chi connectivity index (χ2v) is 5.80. The topological polar surface area (TPSA) is 62.4 Å². The number of ketones is 1. The van der Waals surface area contributed by atoms with Crippen LogP contribution in [0.3, 0.4) is 0 Å². The molecule has 118 valence electrons. The molecule has 0 spiro atoms. The smallest absolute Gasteiger partial charge is 0.339 e. The van der Waals surface area contributed by atoms with Crippen LogP contribution in [0.25, 0.3) is 0 Å². The molecule has 20 heavy (non-hydrogen) atoms. The maximum absolute atomic E-state index is 11.9. The van der Waals surface area contributed by atoms with Gasteiger partial charge in [0.15, 0.2) is 0 Å². The zero-order chi connectivity index (χ0) is 14.8. The molecule has 4 heteroatoms. The van der Waals surface area contributed by atoms with E-state index < -0.39 is 11.9 Å². The second kappa shape index (κ2) is 9.48. The summed E-state index contributed by atoms with van der Waals surface area (Å²) in [6.07, 6.45) is 12.2. The van der Waals surface area contributed by atoms with Crippen LogP contribution in [0.2, 0.25) is 0 Å². The second-order valence-electron chi connectivity index (χ2n) is 5.80. The molecule has 1 fully saturated rings. The Kier molecular flexibility index (Phi) is 8.34. The molecule has 1 rings (SSSR count). The lowest BCUT2D eigenvalue weighted by Gasteiger charge is -2.12. The Morgan fingerprint density at radius 1 is 0.950 bits per heavy atom. The quantitative estimate of drug-likeness (QED) is 0.314. The SMILES string of the molecule is CCCCCCCCCCCC(=O)C(CC)C1(O)OO1. The Morgan fingerprint density at radius 2 is 1.45 bits per heavy atom. The maximum atomic E-state index is 11.9. The first kappa shape index (κ1) is 17.6. The highest BCUT2D eigenvalue weighted by Crippen LogP contribution is 2.37. The summed E-state index contributed by atoms with van der Waals surface area (Å²) in [6.45, 7) is 4.09. The molecule has 0 saturated carbocycles. The molecule has 1 heterocycles. The molecule has 0 bridgehead atoms. The average Bonchev–Trinajstić information content (AvgIpc) is 3.16. The number of aliphatic hydroxyl groups is 1. The number of hydrogen-bond donors (Lipinski definition) is 1. The molecule has 1 unspecified atom stereocenters. The van der Waals surface area contributed by atoms with Gasteiger partial charge in [0.2, 0.25) is 0 Å². The van der Waals surface area contributed by atoms with Crippen LogP contribution in [0.5, 0.6) is 0 Å². The van der Waals surface area contributed by atoms with Crippen LogP contribution < -0.4 is 0 Å². The van der Waals surface area contributed by atoms with Crippen LogP contribution in [-0.2, 0) is 14.6 Å². The van der Waals surface area contributed by atoms with Crippen molar-refractivity contribution in [3.63, 3.8) is 0 Å². The minimum atomic E-state index is -1.62. The van der Waals surface area contributed by atoms with Crippen molar-refractivity contribution < 1.29 is 19.7 Å². The Labute approximate surface area is 122 Å². The Bertz CT molecular complexity index is 274. The molecule has 0 amide bonds. The minimum Gasteiger partial charge on any atom is -0.339 e. The molecule has 1 aliphatic rings. The van der Waals surface area contributed by atoms with E-state index in [1.165, 1.54) is 44.9 Å². The number of unbranched alkanes of at least 4 members (excludes halogenated alkanes) is 8. The van der Waals surface area contributed by atoms with Crippen molar-refractivity contribution in [3.8, 4) is 0 Å². The van der Waals surface area contributed by atoms with Gasteiger partial charge in [-0.3, -0.25) is 4.79 Å². The van der Waals surface area contributed by atoms with Crippen molar-refractivity contribution in [3.05, 3.63) is 0 Å². The van der Waals surface area contributed by atoms with Gasteiger partial charge in [-0.2, -0.15) is 9.78 Å². The highest BCUT2D eigenvalue weighted by Gasteiger charge is 2.56. The molecule has 0 aliphatic carbocycles. The van der Waals surface area contributed by atoms with Gasteiger partial charge in [-0.1, -0.05) is 65.2 Å². The number of carbonyl (C=O) groups is 1. The van der Waals surface area contributed by atoms with E-state index in [0.717, 1.165) is 12.8 Å². The van der Waals surface area contributed by atoms with E-state index in [2.05, 4.69) is 16.7 Å². The number of hydrogen-bond acceptors (Lipinski definition) is 4. The van der Waals surface area contributed by atoms with Crippen molar-refractivity contribution in [1.82, 2.24) is 0 Å². The summed E-state index contributed by atoms with van der Waals surface area (Å²) in [5, 5.41) is 9.64. The zero-order valence-corrected chi connectivity index (χ0v) is 13.0. The zero-order valence-electron chi connectivity index (χ0n) is 13.0. The van der Waals surface area contributed by atoms with Crippen molar-refractivity contribution in [2.75, 3.05) is 0 Å². The van der Waals surface area contributed by atoms with Crippen LogP contribution in [0.4, 0.5) is 0 Å². The highest BCUT2D eigenvalue weighted by molar-refractivity contribution is 5.81. The van der Waals surface area contributed by atoms with Crippen LogP contribution >= 0.6 is 0 Å². The lowest BCUT2D eigenvalue weighted by molar-refractivity contribution is -0.134. The first-order valence-electron chi connectivity index (χ1n) is 8.26. The van der Waals surface area contributed by atoms with E-state index in [4.69, 9.17) is 0 Å². The standard InChI is InChI=1S/C16H30O4/c1-3-5-6-7-8-9-10-11-12-13-15(17)14(4-2)16(18)19-20-16/h14,18H,3-13H2,1-2H3. The summed E-state index contributed by atoms with van der Waals surface area (Å²) in [5.41, 5.74) is 0. The number of carbonyl (C=O) groups excluding carboxylic acids is 1. The molecule has 0 aromatic heterocycles. The summed E-state index contributed by atoms with van der Waals surface area (Å²) in [6, 6.07) is 0. The van der Waals surface area contributed by atoms with Gasteiger partial charge in [-0.15, -0.1) is 0 Å². The molecule has 0 aromatic carbocycles. The third-order valence-corrected chi connectivity index (χ3v) is 4.02. The molecule has 1 N–H and O–H groups in total. The lowest BCUT2D eigenvalue weighted by Crippen LogP contribution is -2.30. The fraction of sp³-hybridized carbons (Fsp3) is 0.938. The minimum absolute atomic E-state index is 0.0513. The lowest BCUT2D eigenvalue weighted by atomic mass is 9.94. The summed E-state index contributed by atoms with van der Waals surface area (Å²) in [4.78, 5) is 20.9. The number of rotatable bonds is 13. The summed E-state index contributed by atoms with van der Waals surface area (Å²) in [7, 11) is 0. The van der Waals surface area contributed by atoms with Gasteiger partial charge in [0.05, 0.1) is 0 Å². The summed E-state index contributed by atoms with van der Waals surface area (Å²) >= 11 is 0. The molecule has 1 saturated heterocycles. The van der Waals surface area contributed by atoms with Crippen molar-refractivity contribution >= 4 is 5.78 Å². The predicted molar refractivity (Wildman–Crippen MR) is 77.8 cm³/mol.